The minimum Gasteiger partial charge on any atom is -0.508 e. The first-order chi connectivity index (χ1) is 11.4. The van der Waals surface area contributed by atoms with Crippen LogP contribution in [0.25, 0.3) is 0 Å². The normalized spacial score (nSPS) is 17.2. The Labute approximate surface area is 147 Å². The zero-order valence-corrected chi connectivity index (χ0v) is 15.5. The molecule has 1 N–H and O–H groups in total. The van der Waals surface area contributed by atoms with Gasteiger partial charge in [0.15, 0.2) is 0 Å². The Morgan fingerprint density at radius 1 is 1.12 bits per heavy atom. The van der Waals surface area contributed by atoms with Gasteiger partial charge in [0.25, 0.3) is 10.0 Å². The summed E-state index contributed by atoms with van der Waals surface area (Å²) in [6.07, 6.45) is 0. The van der Waals surface area contributed by atoms with Gasteiger partial charge < -0.3 is 5.11 Å². The van der Waals surface area contributed by atoms with Crippen molar-refractivity contribution in [2.45, 2.75) is 24.6 Å². The standard InChI is InChI=1S/C17H22N2O3S2/c1-13-10-15(16(20)11-14(13)2)12-18-5-7-19(8-6-18)24(21,22)17-4-3-9-23-17/h3-4,9-11,20H,5-8,12H2,1-2H3. The van der Waals surface area contributed by atoms with Gasteiger partial charge in [-0.2, -0.15) is 4.31 Å². The summed E-state index contributed by atoms with van der Waals surface area (Å²) >= 11 is 1.26. The van der Waals surface area contributed by atoms with Crippen molar-refractivity contribution in [3.63, 3.8) is 0 Å². The fourth-order valence-corrected chi connectivity index (χ4v) is 5.46. The highest BCUT2D eigenvalue weighted by molar-refractivity contribution is 7.91. The van der Waals surface area contributed by atoms with Crippen LogP contribution in [0.15, 0.2) is 33.9 Å². The summed E-state index contributed by atoms with van der Waals surface area (Å²) in [6.45, 7) is 6.93. The molecule has 1 aliphatic heterocycles. The largest absolute Gasteiger partial charge is 0.508 e. The third kappa shape index (κ3) is 3.49. The molecule has 0 saturated carbocycles. The van der Waals surface area contributed by atoms with Crippen molar-refractivity contribution in [2.75, 3.05) is 26.2 Å². The number of benzene rings is 1. The van der Waals surface area contributed by atoms with E-state index < -0.39 is 10.0 Å². The molecule has 7 heteroatoms. The molecule has 1 aromatic carbocycles. The van der Waals surface area contributed by atoms with Gasteiger partial charge in [-0.05, 0) is 42.5 Å². The fourth-order valence-electron chi connectivity index (χ4n) is 2.89. The van der Waals surface area contributed by atoms with Crippen molar-refractivity contribution in [3.8, 4) is 5.75 Å². The fraction of sp³-hybridized carbons (Fsp3) is 0.412. The van der Waals surface area contributed by atoms with E-state index in [1.54, 1.807) is 27.9 Å². The third-order valence-corrected chi connectivity index (χ3v) is 7.78. The molecule has 2 heterocycles. The Balaban J connectivity index is 1.65. The Bertz CT molecular complexity index is 809. The van der Waals surface area contributed by atoms with E-state index in [4.69, 9.17) is 0 Å². The third-order valence-electron chi connectivity index (χ3n) is 4.51. The molecule has 0 aliphatic carbocycles. The SMILES string of the molecule is Cc1cc(O)c(CN2CCN(S(=O)(=O)c3cccs3)CC2)cc1C. The van der Waals surface area contributed by atoms with Crippen molar-refractivity contribution in [1.82, 2.24) is 9.21 Å². The summed E-state index contributed by atoms with van der Waals surface area (Å²) in [5, 5.41) is 11.9. The van der Waals surface area contributed by atoms with Crippen molar-refractivity contribution in [1.29, 1.82) is 0 Å². The molecule has 0 spiro atoms. The van der Waals surface area contributed by atoms with Gasteiger partial charge in [-0.15, -0.1) is 11.3 Å². The molecule has 1 aromatic heterocycles. The average molecular weight is 367 g/mol. The number of phenolic OH excluding ortho intramolecular Hbond substituents is 1. The van der Waals surface area contributed by atoms with E-state index in [2.05, 4.69) is 4.90 Å². The molecule has 3 rings (SSSR count). The van der Waals surface area contributed by atoms with E-state index in [1.165, 1.54) is 11.3 Å². The van der Waals surface area contributed by atoms with E-state index in [1.807, 2.05) is 19.9 Å². The molecule has 24 heavy (non-hydrogen) atoms. The van der Waals surface area contributed by atoms with E-state index >= 15 is 0 Å². The molecule has 1 saturated heterocycles. The lowest BCUT2D eigenvalue weighted by Gasteiger charge is -2.33. The van der Waals surface area contributed by atoms with E-state index in [0.29, 0.717) is 42.7 Å². The highest BCUT2D eigenvalue weighted by Crippen LogP contribution is 2.25. The Hall–Kier alpha value is -1.41. The molecule has 2 aromatic rings. The second kappa shape index (κ2) is 6.84. The zero-order chi connectivity index (χ0) is 17.3. The first kappa shape index (κ1) is 17.4. The summed E-state index contributed by atoms with van der Waals surface area (Å²) in [6, 6.07) is 7.22. The second-order valence-corrected chi connectivity index (χ2v) is 9.29. The van der Waals surface area contributed by atoms with E-state index in [0.717, 1.165) is 16.7 Å². The Kier molecular flexibility index (Phi) is 4.96. The molecule has 1 fully saturated rings. The van der Waals surface area contributed by atoms with Crippen LogP contribution in [0.4, 0.5) is 0 Å². The molecule has 1 aliphatic rings. The molecule has 5 nitrogen and oxygen atoms in total. The van der Waals surface area contributed by atoms with Gasteiger partial charge in [-0.25, -0.2) is 8.42 Å². The van der Waals surface area contributed by atoms with Crippen LogP contribution in [0.3, 0.4) is 0 Å². The summed E-state index contributed by atoms with van der Waals surface area (Å²) in [5.74, 6) is 0.312. The second-order valence-electron chi connectivity index (χ2n) is 6.18. The topological polar surface area (TPSA) is 60.9 Å². The van der Waals surface area contributed by atoms with Gasteiger partial charge in [0, 0.05) is 38.3 Å². The number of hydrogen-bond donors (Lipinski definition) is 1. The zero-order valence-electron chi connectivity index (χ0n) is 13.9. The maximum Gasteiger partial charge on any atom is 0.252 e. The molecular weight excluding hydrogens is 344 g/mol. The number of piperazine rings is 1. The Morgan fingerprint density at radius 2 is 1.79 bits per heavy atom. The molecule has 0 bridgehead atoms. The number of hydrogen-bond acceptors (Lipinski definition) is 5. The quantitative estimate of drug-likeness (QED) is 0.903. The smallest absolute Gasteiger partial charge is 0.252 e. The molecule has 0 radical (unpaired) electrons. The molecule has 0 atom stereocenters. The highest BCUT2D eigenvalue weighted by atomic mass is 32.2. The van der Waals surface area contributed by atoms with Crippen LogP contribution >= 0.6 is 11.3 Å². The van der Waals surface area contributed by atoms with Crippen molar-refractivity contribution in [2.24, 2.45) is 0 Å². The van der Waals surface area contributed by atoms with Crippen LogP contribution in [0.2, 0.25) is 0 Å². The predicted octanol–water partition coefficient (Wildman–Crippen LogP) is 2.58. The molecule has 0 amide bonds. The highest BCUT2D eigenvalue weighted by Gasteiger charge is 2.29. The number of phenols is 1. The summed E-state index contributed by atoms with van der Waals surface area (Å²) in [5.41, 5.74) is 3.12. The number of nitrogens with zero attached hydrogens (tertiary/aromatic N) is 2. The van der Waals surface area contributed by atoms with Crippen molar-refractivity contribution < 1.29 is 13.5 Å². The number of thiophene rings is 1. The lowest BCUT2D eigenvalue weighted by atomic mass is 10.0. The van der Waals surface area contributed by atoms with Crippen LogP contribution in [-0.4, -0.2) is 48.9 Å². The van der Waals surface area contributed by atoms with Crippen LogP contribution < -0.4 is 0 Å². The van der Waals surface area contributed by atoms with Crippen LogP contribution in [0, 0.1) is 13.8 Å². The van der Waals surface area contributed by atoms with Gasteiger partial charge in [0.05, 0.1) is 0 Å². The lowest BCUT2D eigenvalue weighted by molar-refractivity contribution is 0.180. The van der Waals surface area contributed by atoms with Crippen LogP contribution in [0.1, 0.15) is 16.7 Å². The summed E-state index contributed by atoms with van der Waals surface area (Å²) < 4.78 is 27.0. The van der Waals surface area contributed by atoms with Crippen molar-refractivity contribution >= 4 is 21.4 Å². The van der Waals surface area contributed by atoms with Crippen LogP contribution in [-0.2, 0) is 16.6 Å². The molecule has 130 valence electrons. The predicted molar refractivity (Wildman–Crippen MR) is 95.9 cm³/mol. The molecule has 0 unspecified atom stereocenters. The first-order valence-corrected chi connectivity index (χ1v) is 10.2. The summed E-state index contributed by atoms with van der Waals surface area (Å²) in [4.78, 5) is 2.18. The first-order valence-electron chi connectivity index (χ1n) is 7.93. The van der Waals surface area contributed by atoms with Crippen molar-refractivity contribution in [3.05, 3.63) is 46.3 Å². The van der Waals surface area contributed by atoms with Gasteiger partial charge in [0.2, 0.25) is 0 Å². The van der Waals surface area contributed by atoms with E-state index in [9.17, 15) is 13.5 Å². The number of aryl methyl sites for hydroxylation is 2. The van der Waals surface area contributed by atoms with E-state index in [-0.39, 0.29) is 0 Å². The minimum atomic E-state index is -3.36. The average Bonchev–Trinajstić information content (AvgIpc) is 3.08. The van der Waals surface area contributed by atoms with Crippen LogP contribution in [0.5, 0.6) is 5.75 Å². The Morgan fingerprint density at radius 3 is 2.42 bits per heavy atom. The maximum absolute atomic E-state index is 12.5. The van der Waals surface area contributed by atoms with Gasteiger partial charge in [0.1, 0.15) is 9.96 Å². The maximum atomic E-state index is 12.5. The monoisotopic (exact) mass is 366 g/mol. The minimum absolute atomic E-state index is 0.312. The molecular formula is C17H22N2O3S2. The number of rotatable bonds is 4. The van der Waals surface area contributed by atoms with Gasteiger partial charge in [-0.3, -0.25) is 4.90 Å². The number of sulfonamides is 1. The van der Waals surface area contributed by atoms with Gasteiger partial charge >= 0.3 is 0 Å². The number of aromatic hydroxyl groups is 1. The summed E-state index contributed by atoms with van der Waals surface area (Å²) in [7, 11) is -3.36. The van der Waals surface area contributed by atoms with Gasteiger partial charge in [-0.1, -0.05) is 12.1 Å². The lowest BCUT2D eigenvalue weighted by Crippen LogP contribution is -2.48.